The first-order valence-corrected chi connectivity index (χ1v) is 7.99. The quantitative estimate of drug-likeness (QED) is 0.839. The van der Waals surface area contributed by atoms with Gasteiger partial charge in [0.15, 0.2) is 0 Å². The lowest BCUT2D eigenvalue weighted by atomic mass is 10.1. The number of amides is 1. The summed E-state index contributed by atoms with van der Waals surface area (Å²) in [5.41, 5.74) is 1.72. The van der Waals surface area contributed by atoms with Crippen LogP contribution in [0.1, 0.15) is 29.8 Å². The van der Waals surface area contributed by atoms with Crippen molar-refractivity contribution in [2.24, 2.45) is 0 Å². The number of carbonyl (C=O) groups is 1. The Hall–Kier alpha value is -1.91. The molecule has 5 heteroatoms. The van der Waals surface area contributed by atoms with Gasteiger partial charge in [-0.2, -0.15) is 0 Å². The molecule has 0 atom stereocenters. The summed E-state index contributed by atoms with van der Waals surface area (Å²) in [5, 5.41) is 2.99. The predicted octanol–water partition coefficient (Wildman–Crippen LogP) is 4.57. The van der Waals surface area contributed by atoms with Gasteiger partial charge in [-0.15, -0.1) is 0 Å². The zero-order chi connectivity index (χ0) is 16.8. The summed E-state index contributed by atoms with van der Waals surface area (Å²) in [6.07, 6.45) is 0. The van der Waals surface area contributed by atoms with E-state index in [0.29, 0.717) is 5.69 Å². The Balaban J connectivity index is 2.12. The van der Waals surface area contributed by atoms with Gasteiger partial charge in [0.2, 0.25) is 0 Å². The number of hydrogen-bond acceptors (Lipinski definition) is 2. The summed E-state index contributed by atoms with van der Waals surface area (Å²) < 4.78 is 13.8. The number of anilines is 1. The van der Waals surface area contributed by atoms with Crippen molar-refractivity contribution in [1.29, 1.82) is 0 Å². The fraction of sp³-hybridized carbons (Fsp3) is 0.278. The van der Waals surface area contributed by atoms with Crippen LogP contribution < -0.4 is 5.32 Å². The molecule has 2 aromatic carbocycles. The molecule has 0 spiro atoms. The zero-order valence-corrected chi connectivity index (χ0v) is 14.0. The van der Waals surface area contributed by atoms with E-state index in [2.05, 4.69) is 24.1 Å². The minimum atomic E-state index is -0.630. The fourth-order valence-corrected chi connectivity index (χ4v) is 2.48. The minimum Gasteiger partial charge on any atom is -0.322 e. The van der Waals surface area contributed by atoms with Gasteiger partial charge in [0.1, 0.15) is 5.82 Å². The van der Waals surface area contributed by atoms with Crippen LogP contribution in [0.3, 0.4) is 0 Å². The molecule has 0 unspecified atom stereocenters. The summed E-state index contributed by atoms with van der Waals surface area (Å²) in [6.45, 7) is 6.95. The zero-order valence-electron chi connectivity index (χ0n) is 13.3. The largest absolute Gasteiger partial charge is 0.322 e. The lowest BCUT2D eigenvalue weighted by molar-refractivity contribution is 0.102. The standard InChI is InChI=1S/C18H20ClFN2O/c1-3-22(4-2)12-13-6-5-7-15(10-13)21-18(23)16-9-8-14(19)11-17(16)20/h5-11H,3-4,12H2,1-2H3,(H,21,23). The predicted molar refractivity (Wildman–Crippen MR) is 92.4 cm³/mol. The summed E-state index contributed by atoms with van der Waals surface area (Å²) in [7, 11) is 0. The van der Waals surface area contributed by atoms with Crippen LogP contribution in [0.5, 0.6) is 0 Å². The summed E-state index contributed by atoms with van der Waals surface area (Å²) >= 11 is 5.70. The number of nitrogens with one attached hydrogen (secondary N) is 1. The number of carbonyl (C=O) groups excluding carboxylic acids is 1. The molecule has 2 aromatic rings. The SMILES string of the molecule is CCN(CC)Cc1cccc(NC(=O)c2ccc(Cl)cc2F)c1. The van der Waals surface area contributed by atoms with Gasteiger partial charge in [0.25, 0.3) is 5.91 Å². The van der Waals surface area contributed by atoms with Crippen LogP contribution in [0.4, 0.5) is 10.1 Å². The molecule has 0 fully saturated rings. The molecular weight excluding hydrogens is 315 g/mol. The second-order valence-electron chi connectivity index (χ2n) is 5.24. The highest BCUT2D eigenvalue weighted by Gasteiger charge is 2.12. The third-order valence-electron chi connectivity index (χ3n) is 3.66. The van der Waals surface area contributed by atoms with E-state index in [1.807, 2.05) is 18.2 Å². The Kier molecular flexibility index (Phi) is 6.13. The van der Waals surface area contributed by atoms with Crippen molar-refractivity contribution < 1.29 is 9.18 Å². The van der Waals surface area contributed by atoms with Gasteiger partial charge < -0.3 is 5.32 Å². The fourth-order valence-electron chi connectivity index (χ4n) is 2.32. The van der Waals surface area contributed by atoms with Crippen molar-refractivity contribution in [2.75, 3.05) is 18.4 Å². The molecule has 0 radical (unpaired) electrons. The highest BCUT2D eigenvalue weighted by atomic mass is 35.5. The number of hydrogen-bond donors (Lipinski definition) is 1. The first kappa shape index (κ1) is 17.4. The average molecular weight is 335 g/mol. The first-order chi connectivity index (χ1) is 11.0. The van der Waals surface area contributed by atoms with E-state index in [1.54, 1.807) is 6.07 Å². The van der Waals surface area contributed by atoms with E-state index in [1.165, 1.54) is 12.1 Å². The monoisotopic (exact) mass is 334 g/mol. The van der Waals surface area contributed by atoms with E-state index in [9.17, 15) is 9.18 Å². The van der Waals surface area contributed by atoms with E-state index in [0.717, 1.165) is 31.3 Å². The Labute approximate surface area is 141 Å². The van der Waals surface area contributed by atoms with E-state index >= 15 is 0 Å². The van der Waals surface area contributed by atoms with Crippen LogP contribution in [0.25, 0.3) is 0 Å². The third kappa shape index (κ3) is 4.78. The van der Waals surface area contributed by atoms with Crippen molar-refractivity contribution in [1.82, 2.24) is 4.90 Å². The summed E-state index contributed by atoms with van der Waals surface area (Å²) in [6, 6.07) is 11.6. The Bertz CT molecular complexity index is 686. The highest BCUT2D eigenvalue weighted by molar-refractivity contribution is 6.30. The van der Waals surface area contributed by atoms with Gasteiger partial charge in [0.05, 0.1) is 5.56 Å². The van der Waals surface area contributed by atoms with Gasteiger partial charge in [-0.3, -0.25) is 9.69 Å². The molecule has 0 saturated carbocycles. The highest BCUT2D eigenvalue weighted by Crippen LogP contribution is 2.18. The topological polar surface area (TPSA) is 32.3 Å². The molecule has 0 aliphatic rings. The summed E-state index contributed by atoms with van der Waals surface area (Å²) in [4.78, 5) is 14.5. The van der Waals surface area contributed by atoms with Gasteiger partial charge >= 0.3 is 0 Å². The van der Waals surface area contributed by atoms with E-state index in [4.69, 9.17) is 11.6 Å². The van der Waals surface area contributed by atoms with Crippen LogP contribution in [0.15, 0.2) is 42.5 Å². The molecule has 0 heterocycles. The Morgan fingerprint density at radius 3 is 2.57 bits per heavy atom. The lowest BCUT2D eigenvalue weighted by Gasteiger charge is -2.18. The number of benzene rings is 2. The van der Waals surface area contributed by atoms with Gasteiger partial charge in [-0.05, 0) is 49.0 Å². The molecular formula is C18H20ClFN2O. The molecule has 2 rings (SSSR count). The van der Waals surface area contributed by atoms with Crippen molar-refractivity contribution in [3.8, 4) is 0 Å². The maximum atomic E-state index is 13.8. The van der Waals surface area contributed by atoms with Crippen molar-refractivity contribution in [3.05, 3.63) is 64.4 Å². The normalized spacial score (nSPS) is 10.8. The van der Waals surface area contributed by atoms with E-state index in [-0.39, 0.29) is 10.6 Å². The maximum absolute atomic E-state index is 13.8. The summed E-state index contributed by atoms with van der Waals surface area (Å²) in [5.74, 6) is -1.12. The third-order valence-corrected chi connectivity index (χ3v) is 3.90. The number of nitrogens with zero attached hydrogens (tertiary/aromatic N) is 1. The second kappa shape index (κ2) is 8.09. The first-order valence-electron chi connectivity index (χ1n) is 7.61. The van der Waals surface area contributed by atoms with Crippen LogP contribution in [0, 0.1) is 5.82 Å². The molecule has 122 valence electrons. The van der Waals surface area contributed by atoms with Gasteiger partial charge in [-0.25, -0.2) is 4.39 Å². The molecule has 23 heavy (non-hydrogen) atoms. The van der Waals surface area contributed by atoms with Crippen LogP contribution >= 0.6 is 11.6 Å². The number of halogens is 2. The molecule has 0 saturated heterocycles. The van der Waals surface area contributed by atoms with Crippen molar-refractivity contribution in [2.45, 2.75) is 20.4 Å². The van der Waals surface area contributed by atoms with Crippen LogP contribution in [-0.4, -0.2) is 23.9 Å². The number of rotatable bonds is 6. The Morgan fingerprint density at radius 2 is 1.91 bits per heavy atom. The molecule has 0 aromatic heterocycles. The van der Waals surface area contributed by atoms with Crippen LogP contribution in [0.2, 0.25) is 5.02 Å². The minimum absolute atomic E-state index is 0.0245. The molecule has 1 N–H and O–H groups in total. The van der Waals surface area contributed by atoms with Crippen LogP contribution in [-0.2, 0) is 6.54 Å². The van der Waals surface area contributed by atoms with Crippen molar-refractivity contribution in [3.63, 3.8) is 0 Å². The van der Waals surface area contributed by atoms with E-state index < -0.39 is 11.7 Å². The van der Waals surface area contributed by atoms with Gasteiger partial charge in [-0.1, -0.05) is 37.6 Å². The average Bonchev–Trinajstić information content (AvgIpc) is 2.52. The molecule has 1 amide bonds. The van der Waals surface area contributed by atoms with Crippen molar-refractivity contribution >= 4 is 23.2 Å². The smallest absolute Gasteiger partial charge is 0.258 e. The molecule has 0 bridgehead atoms. The Morgan fingerprint density at radius 1 is 1.17 bits per heavy atom. The molecule has 0 aliphatic heterocycles. The van der Waals surface area contributed by atoms with Gasteiger partial charge in [0, 0.05) is 17.3 Å². The maximum Gasteiger partial charge on any atom is 0.258 e. The molecule has 0 aliphatic carbocycles. The molecule has 3 nitrogen and oxygen atoms in total. The second-order valence-corrected chi connectivity index (χ2v) is 5.68. The lowest BCUT2D eigenvalue weighted by Crippen LogP contribution is -2.22.